The molecular weight excluding hydrogens is 254 g/mol. The Kier molecular flexibility index (Phi) is 4.87. The van der Waals surface area contributed by atoms with Crippen LogP contribution in [0.15, 0.2) is 54.6 Å². The molecule has 0 aliphatic heterocycles. The number of aryl methyl sites for hydroxylation is 1. The maximum atomic E-state index is 11.1. The Morgan fingerprint density at radius 3 is 2.40 bits per heavy atom. The molecule has 2 aromatic carbocycles. The molecule has 1 unspecified atom stereocenters. The third-order valence-corrected chi connectivity index (χ3v) is 3.20. The van der Waals surface area contributed by atoms with Gasteiger partial charge in [0.2, 0.25) is 0 Å². The van der Waals surface area contributed by atoms with Gasteiger partial charge in [0.05, 0.1) is 0 Å². The third-order valence-electron chi connectivity index (χ3n) is 3.20. The van der Waals surface area contributed by atoms with Crippen molar-refractivity contribution in [2.75, 3.05) is 0 Å². The Balaban J connectivity index is 2.15. The van der Waals surface area contributed by atoms with Crippen molar-refractivity contribution in [1.29, 1.82) is 0 Å². The zero-order valence-electron chi connectivity index (χ0n) is 11.0. The molecule has 0 spiro atoms. The van der Waals surface area contributed by atoms with Crippen molar-refractivity contribution in [1.82, 2.24) is 5.48 Å². The first-order chi connectivity index (χ1) is 9.72. The van der Waals surface area contributed by atoms with Gasteiger partial charge in [-0.05, 0) is 29.5 Å². The Bertz CT molecular complexity index is 569. The topological polar surface area (TPSA) is 69.6 Å². The first-order valence-corrected chi connectivity index (χ1v) is 6.47. The predicted octanol–water partition coefficient (Wildman–Crippen LogP) is 2.15. The normalized spacial score (nSPS) is 11.9. The first-order valence-electron chi connectivity index (χ1n) is 6.47. The van der Waals surface area contributed by atoms with Gasteiger partial charge in [0.1, 0.15) is 6.10 Å². The van der Waals surface area contributed by atoms with E-state index in [1.54, 1.807) is 0 Å². The van der Waals surface area contributed by atoms with Gasteiger partial charge in [0.25, 0.3) is 5.91 Å². The number of aliphatic hydroxyl groups excluding tert-OH is 1. The summed E-state index contributed by atoms with van der Waals surface area (Å²) in [5.74, 6) is -0.776. The van der Waals surface area contributed by atoms with Gasteiger partial charge in [-0.1, -0.05) is 54.6 Å². The molecule has 4 nitrogen and oxygen atoms in total. The van der Waals surface area contributed by atoms with Gasteiger partial charge in [-0.3, -0.25) is 10.0 Å². The quantitative estimate of drug-likeness (QED) is 0.576. The standard InChI is InChI=1S/C16H17NO3/c18-15(16(19)17-20)11-10-13-8-4-5-9-14(13)12-6-2-1-3-7-12/h1-9,15,18,20H,10-11H2,(H,17,19). The number of benzene rings is 2. The van der Waals surface area contributed by atoms with E-state index in [0.717, 1.165) is 16.7 Å². The Morgan fingerprint density at radius 2 is 1.70 bits per heavy atom. The van der Waals surface area contributed by atoms with Crippen molar-refractivity contribution in [2.24, 2.45) is 0 Å². The molecule has 2 aromatic rings. The number of amides is 1. The lowest BCUT2D eigenvalue weighted by Crippen LogP contribution is -2.32. The number of aliphatic hydroxyl groups is 1. The second-order valence-electron chi connectivity index (χ2n) is 4.55. The lowest BCUT2D eigenvalue weighted by Gasteiger charge is -2.12. The molecule has 0 aliphatic rings. The Morgan fingerprint density at radius 1 is 1.05 bits per heavy atom. The minimum Gasteiger partial charge on any atom is -0.383 e. The van der Waals surface area contributed by atoms with Crippen LogP contribution in [-0.4, -0.2) is 22.3 Å². The molecule has 2 rings (SSSR count). The van der Waals surface area contributed by atoms with Gasteiger partial charge in [-0.2, -0.15) is 0 Å². The molecule has 104 valence electrons. The van der Waals surface area contributed by atoms with Crippen LogP contribution in [0.3, 0.4) is 0 Å². The van der Waals surface area contributed by atoms with Crippen molar-refractivity contribution < 1.29 is 15.1 Å². The van der Waals surface area contributed by atoms with E-state index in [9.17, 15) is 9.90 Å². The molecule has 0 aliphatic carbocycles. The third kappa shape index (κ3) is 3.44. The van der Waals surface area contributed by atoms with Crippen molar-refractivity contribution in [2.45, 2.75) is 18.9 Å². The molecule has 3 N–H and O–H groups in total. The number of hydrogen-bond donors (Lipinski definition) is 3. The molecule has 4 heteroatoms. The highest BCUT2D eigenvalue weighted by Crippen LogP contribution is 2.24. The highest BCUT2D eigenvalue weighted by atomic mass is 16.5. The van der Waals surface area contributed by atoms with E-state index < -0.39 is 12.0 Å². The van der Waals surface area contributed by atoms with E-state index in [1.165, 1.54) is 5.48 Å². The molecule has 0 bridgehead atoms. The van der Waals surface area contributed by atoms with Gasteiger partial charge in [0, 0.05) is 0 Å². The average Bonchev–Trinajstić information content (AvgIpc) is 2.53. The van der Waals surface area contributed by atoms with Gasteiger partial charge >= 0.3 is 0 Å². The summed E-state index contributed by atoms with van der Waals surface area (Å²) in [7, 11) is 0. The Hall–Kier alpha value is -2.17. The van der Waals surface area contributed by atoms with Crippen molar-refractivity contribution >= 4 is 5.91 Å². The largest absolute Gasteiger partial charge is 0.383 e. The van der Waals surface area contributed by atoms with Gasteiger partial charge in [0.15, 0.2) is 0 Å². The molecule has 0 radical (unpaired) electrons. The molecule has 0 saturated heterocycles. The zero-order chi connectivity index (χ0) is 14.4. The van der Waals surface area contributed by atoms with E-state index in [0.29, 0.717) is 6.42 Å². The zero-order valence-corrected chi connectivity index (χ0v) is 11.0. The summed E-state index contributed by atoms with van der Waals surface area (Å²) in [5.41, 5.74) is 4.71. The molecule has 1 amide bonds. The van der Waals surface area contributed by atoms with Crippen LogP contribution >= 0.6 is 0 Å². The van der Waals surface area contributed by atoms with E-state index in [2.05, 4.69) is 0 Å². The first kappa shape index (κ1) is 14.2. The minimum atomic E-state index is -1.20. The number of hydroxylamine groups is 1. The highest BCUT2D eigenvalue weighted by molar-refractivity contribution is 5.79. The fourth-order valence-corrected chi connectivity index (χ4v) is 2.14. The van der Waals surface area contributed by atoms with Crippen molar-refractivity contribution in [3.05, 3.63) is 60.2 Å². The van der Waals surface area contributed by atoms with E-state index in [1.807, 2.05) is 54.6 Å². The SMILES string of the molecule is O=C(NO)C(O)CCc1ccccc1-c1ccccc1. The monoisotopic (exact) mass is 271 g/mol. The summed E-state index contributed by atoms with van der Waals surface area (Å²) >= 11 is 0. The van der Waals surface area contributed by atoms with Gasteiger partial charge in [-0.15, -0.1) is 0 Å². The maximum absolute atomic E-state index is 11.1. The van der Waals surface area contributed by atoms with E-state index in [-0.39, 0.29) is 6.42 Å². The molecule has 0 fully saturated rings. The van der Waals surface area contributed by atoms with Crippen LogP contribution in [0, 0.1) is 0 Å². The second-order valence-corrected chi connectivity index (χ2v) is 4.55. The predicted molar refractivity (Wildman–Crippen MR) is 76.1 cm³/mol. The number of carbonyl (C=O) groups is 1. The van der Waals surface area contributed by atoms with Crippen LogP contribution in [0.25, 0.3) is 11.1 Å². The molecule has 20 heavy (non-hydrogen) atoms. The lowest BCUT2D eigenvalue weighted by atomic mass is 9.96. The summed E-state index contributed by atoms with van der Waals surface area (Å²) in [6.07, 6.45) is -0.389. The number of carbonyl (C=O) groups excluding carboxylic acids is 1. The Labute approximate surface area is 117 Å². The minimum absolute atomic E-state index is 0.260. The number of nitrogens with one attached hydrogen (secondary N) is 1. The highest BCUT2D eigenvalue weighted by Gasteiger charge is 2.14. The fourth-order valence-electron chi connectivity index (χ4n) is 2.14. The van der Waals surface area contributed by atoms with Crippen LogP contribution in [0.2, 0.25) is 0 Å². The summed E-state index contributed by atoms with van der Waals surface area (Å²) in [5, 5.41) is 18.0. The smallest absolute Gasteiger partial charge is 0.272 e. The summed E-state index contributed by atoms with van der Waals surface area (Å²) < 4.78 is 0. The van der Waals surface area contributed by atoms with Gasteiger partial charge in [-0.25, -0.2) is 5.48 Å². The number of hydrogen-bond acceptors (Lipinski definition) is 3. The summed E-state index contributed by atoms with van der Waals surface area (Å²) in [6, 6.07) is 17.8. The lowest BCUT2D eigenvalue weighted by molar-refractivity contribution is -0.138. The van der Waals surface area contributed by atoms with Gasteiger partial charge < -0.3 is 5.11 Å². The second kappa shape index (κ2) is 6.84. The van der Waals surface area contributed by atoms with E-state index in [4.69, 9.17) is 5.21 Å². The maximum Gasteiger partial charge on any atom is 0.272 e. The van der Waals surface area contributed by atoms with Crippen LogP contribution in [0.4, 0.5) is 0 Å². The van der Waals surface area contributed by atoms with Crippen LogP contribution in [0.1, 0.15) is 12.0 Å². The average molecular weight is 271 g/mol. The molecule has 0 aromatic heterocycles. The summed E-state index contributed by atoms with van der Waals surface area (Å²) in [6.45, 7) is 0. The fraction of sp³-hybridized carbons (Fsp3) is 0.188. The number of rotatable bonds is 5. The van der Waals surface area contributed by atoms with E-state index >= 15 is 0 Å². The summed E-state index contributed by atoms with van der Waals surface area (Å²) in [4.78, 5) is 11.1. The molecule has 0 saturated carbocycles. The molecule has 1 atom stereocenters. The van der Waals surface area contributed by atoms with Crippen LogP contribution in [0.5, 0.6) is 0 Å². The van der Waals surface area contributed by atoms with Crippen molar-refractivity contribution in [3.63, 3.8) is 0 Å². The van der Waals surface area contributed by atoms with Crippen LogP contribution < -0.4 is 5.48 Å². The molecular formula is C16H17NO3. The van der Waals surface area contributed by atoms with Crippen LogP contribution in [-0.2, 0) is 11.2 Å². The molecule has 0 heterocycles. The van der Waals surface area contributed by atoms with Crippen molar-refractivity contribution in [3.8, 4) is 11.1 Å².